The van der Waals surface area contributed by atoms with E-state index >= 15 is 0 Å². The number of ether oxygens (including phenoxy) is 1. The summed E-state index contributed by atoms with van der Waals surface area (Å²) in [6, 6.07) is 13.6. The third-order valence-corrected chi connectivity index (χ3v) is 6.62. The summed E-state index contributed by atoms with van der Waals surface area (Å²) in [5, 5.41) is 5.52. The number of hydrogen-bond donors (Lipinski definition) is 0. The molecule has 1 saturated carbocycles. The van der Waals surface area contributed by atoms with Gasteiger partial charge >= 0.3 is 0 Å². The topological polar surface area (TPSA) is 76.4 Å². The Morgan fingerprint density at radius 1 is 1.03 bits per heavy atom. The molecule has 2 fully saturated rings. The second-order valence-corrected chi connectivity index (χ2v) is 8.96. The van der Waals surface area contributed by atoms with Crippen LogP contribution in [-0.2, 0) is 0 Å². The summed E-state index contributed by atoms with van der Waals surface area (Å²) in [5.41, 5.74) is 2.05. The molecule has 0 unspecified atom stereocenters. The second kappa shape index (κ2) is 8.65. The lowest BCUT2D eigenvalue weighted by Gasteiger charge is -2.35. The maximum atomic E-state index is 13.6. The minimum absolute atomic E-state index is 0.150. The number of carbonyl (C=O) groups is 1. The monoisotopic (exact) mass is 472 g/mol. The van der Waals surface area contributed by atoms with Gasteiger partial charge in [-0.25, -0.2) is 19.0 Å². The van der Waals surface area contributed by atoms with Gasteiger partial charge in [0.25, 0.3) is 5.91 Å². The predicted molar refractivity (Wildman–Crippen MR) is 130 cm³/mol. The summed E-state index contributed by atoms with van der Waals surface area (Å²) in [7, 11) is 1.64. The van der Waals surface area contributed by atoms with Gasteiger partial charge in [-0.2, -0.15) is 5.10 Å². The van der Waals surface area contributed by atoms with Crippen molar-refractivity contribution in [2.75, 3.05) is 38.2 Å². The first kappa shape index (κ1) is 21.5. The normalized spacial score (nSPS) is 16.1. The zero-order chi connectivity index (χ0) is 23.9. The summed E-state index contributed by atoms with van der Waals surface area (Å²) in [6.07, 6.45) is 4.00. The van der Waals surface area contributed by atoms with Crippen LogP contribution >= 0.6 is 0 Å². The fourth-order valence-corrected chi connectivity index (χ4v) is 4.51. The van der Waals surface area contributed by atoms with Crippen LogP contribution in [0.15, 0.2) is 54.7 Å². The van der Waals surface area contributed by atoms with Crippen LogP contribution in [0.4, 0.5) is 10.2 Å². The number of carbonyl (C=O) groups excluding carboxylic acids is 1. The maximum absolute atomic E-state index is 13.6. The molecule has 1 aliphatic carbocycles. The molecule has 4 aromatic rings. The fourth-order valence-electron chi connectivity index (χ4n) is 4.51. The number of anilines is 1. The smallest absolute Gasteiger partial charge is 0.254 e. The lowest BCUT2D eigenvalue weighted by atomic mass is 10.1. The first-order valence-corrected chi connectivity index (χ1v) is 11.8. The van der Waals surface area contributed by atoms with Crippen molar-refractivity contribution in [2.45, 2.75) is 18.8 Å². The SMILES string of the molecule is COc1ccc(-n2ncc3c(N4CCN(C(=O)c5cccc(F)c5)CC4)nc(C4CC4)nc32)cc1. The van der Waals surface area contributed by atoms with Crippen molar-refractivity contribution in [3.63, 3.8) is 0 Å². The van der Waals surface area contributed by atoms with Crippen molar-refractivity contribution >= 4 is 22.8 Å². The Morgan fingerprint density at radius 3 is 2.49 bits per heavy atom. The Labute approximate surface area is 202 Å². The van der Waals surface area contributed by atoms with Crippen molar-refractivity contribution in [1.29, 1.82) is 0 Å². The van der Waals surface area contributed by atoms with Gasteiger partial charge in [-0.15, -0.1) is 0 Å². The van der Waals surface area contributed by atoms with E-state index in [2.05, 4.69) is 10.00 Å². The van der Waals surface area contributed by atoms with Crippen LogP contribution in [0, 0.1) is 5.82 Å². The zero-order valence-electron chi connectivity index (χ0n) is 19.4. The van der Waals surface area contributed by atoms with Crippen molar-refractivity contribution in [1.82, 2.24) is 24.6 Å². The fraction of sp³-hybridized carbons (Fsp3) is 0.308. The van der Waals surface area contributed by atoms with E-state index in [0.29, 0.717) is 37.7 Å². The van der Waals surface area contributed by atoms with E-state index in [-0.39, 0.29) is 5.91 Å². The second-order valence-electron chi connectivity index (χ2n) is 8.96. The number of piperazine rings is 1. The van der Waals surface area contributed by atoms with Crippen LogP contribution < -0.4 is 9.64 Å². The van der Waals surface area contributed by atoms with Crippen molar-refractivity contribution in [3.8, 4) is 11.4 Å². The molecule has 1 aliphatic heterocycles. The molecule has 35 heavy (non-hydrogen) atoms. The number of aromatic nitrogens is 4. The van der Waals surface area contributed by atoms with Gasteiger partial charge in [-0.05, 0) is 55.3 Å². The Bertz CT molecular complexity index is 1390. The molecule has 0 spiro atoms. The number of rotatable bonds is 5. The van der Waals surface area contributed by atoms with Crippen LogP contribution in [0.5, 0.6) is 5.75 Å². The highest BCUT2D eigenvalue weighted by atomic mass is 19.1. The third kappa shape index (κ3) is 4.07. The van der Waals surface area contributed by atoms with Gasteiger partial charge in [0.1, 0.15) is 23.2 Å². The maximum Gasteiger partial charge on any atom is 0.254 e. The number of halogens is 1. The summed E-state index contributed by atoms with van der Waals surface area (Å²) in [5.74, 6) is 2.32. The van der Waals surface area contributed by atoms with Gasteiger partial charge in [0.2, 0.25) is 0 Å². The molecule has 2 aromatic heterocycles. The molecular formula is C26H25FN6O2. The van der Waals surface area contributed by atoms with Crippen LogP contribution in [0.25, 0.3) is 16.7 Å². The molecule has 8 nitrogen and oxygen atoms in total. The highest BCUT2D eigenvalue weighted by molar-refractivity contribution is 5.94. The van der Waals surface area contributed by atoms with Crippen LogP contribution in [-0.4, -0.2) is 63.8 Å². The molecule has 6 rings (SSSR count). The molecule has 0 atom stereocenters. The highest BCUT2D eigenvalue weighted by Crippen LogP contribution is 2.40. The van der Waals surface area contributed by atoms with E-state index in [1.807, 2.05) is 35.1 Å². The molecular weight excluding hydrogens is 447 g/mol. The molecule has 1 saturated heterocycles. The number of amides is 1. The van der Waals surface area contributed by atoms with E-state index in [4.69, 9.17) is 14.7 Å². The Kier molecular flexibility index (Phi) is 5.32. The lowest BCUT2D eigenvalue weighted by Crippen LogP contribution is -2.49. The zero-order valence-corrected chi connectivity index (χ0v) is 19.4. The summed E-state index contributed by atoms with van der Waals surface area (Å²) < 4.78 is 20.7. The minimum atomic E-state index is -0.403. The van der Waals surface area contributed by atoms with Crippen molar-refractivity contribution < 1.29 is 13.9 Å². The summed E-state index contributed by atoms with van der Waals surface area (Å²) >= 11 is 0. The quantitative estimate of drug-likeness (QED) is 0.440. The number of benzene rings is 2. The Morgan fingerprint density at radius 2 is 1.80 bits per heavy atom. The van der Waals surface area contributed by atoms with Crippen molar-refractivity contribution in [3.05, 3.63) is 71.9 Å². The van der Waals surface area contributed by atoms with Gasteiger partial charge in [-0.1, -0.05) is 6.07 Å². The molecule has 178 valence electrons. The molecule has 0 bridgehead atoms. The Hall–Kier alpha value is -4.01. The molecule has 0 N–H and O–H groups in total. The molecule has 3 heterocycles. The number of fused-ring (bicyclic) bond motifs is 1. The predicted octanol–water partition coefficient (Wildman–Crippen LogP) is 3.80. The number of methoxy groups -OCH3 is 1. The van der Waals surface area contributed by atoms with Crippen molar-refractivity contribution in [2.24, 2.45) is 0 Å². The number of hydrogen-bond acceptors (Lipinski definition) is 6. The molecule has 1 amide bonds. The van der Waals surface area contributed by atoms with Gasteiger partial charge in [-0.3, -0.25) is 4.79 Å². The van der Waals surface area contributed by atoms with Crippen LogP contribution in [0.1, 0.15) is 34.9 Å². The average molecular weight is 473 g/mol. The van der Waals surface area contributed by atoms with E-state index < -0.39 is 5.82 Å². The van der Waals surface area contributed by atoms with Crippen LogP contribution in [0.3, 0.4) is 0 Å². The highest BCUT2D eigenvalue weighted by Gasteiger charge is 2.31. The van der Waals surface area contributed by atoms with Gasteiger partial charge < -0.3 is 14.5 Å². The minimum Gasteiger partial charge on any atom is -0.497 e. The van der Waals surface area contributed by atoms with E-state index in [9.17, 15) is 9.18 Å². The van der Waals surface area contributed by atoms with Gasteiger partial charge in [0.15, 0.2) is 5.65 Å². The average Bonchev–Trinajstić information content (AvgIpc) is 3.67. The van der Waals surface area contributed by atoms with Crippen LogP contribution in [0.2, 0.25) is 0 Å². The lowest BCUT2D eigenvalue weighted by molar-refractivity contribution is 0.0746. The first-order chi connectivity index (χ1) is 17.1. The standard InChI is InChI=1S/C26H25FN6O2/c1-35-21-9-7-20(8-10-21)33-25-22(16-28-33)24(29-23(30-25)17-5-6-17)31-11-13-32(14-12-31)26(34)18-3-2-4-19(27)15-18/h2-4,7-10,15-17H,5-6,11-14H2,1H3. The van der Waals surface area contributed by atoms with Gasteiger partial charge in [0, 0.05) is 37.7 Å². The summed E-state index contributed by atoms with van der Waals surface area (Å²) in [6.45, 7) is 2.33. The van der Waals surface area contributed by atoms with E-state index in [1.54, 1.807) is 24.1 Å². The molecule has 0 radical (unpaired) electrons. The Balaban J connectivity index is 1.29. The molecule has 2 aromatic carbocycles. The first-order valence-electron chi connectivity index (χ1n) is 11.8. The van der Waals surface area contributed by atoms with E-state index in [0.717, 1.165) is 47.0 Å². The van der Waals surface area contributed by atoms with Gasteiger partial charge in [0.05, 0.1) is 24.4 Å². The third-order valence-electron chi connectivity index (χ3n) is 6.62. The molecule has 2 aliphatic rings. The summed E-state index contributed by atoms with van der Waals surface area (Å²) in [4.78, 5) is 26.7. The molecule has 9 heteroatoms. The largest absolute Gasteiger partial charge is 0.497 e. The number of nitrogens with zero attached hydrogens (tertiary/aromatic N) is 6. The van der Waals surface area contributed by atoms with E-state index in [1.165, 1.54) is 12.1 Å².